The average molecular weight is 455 g/mol. The summed E-state index contributed by atoms with van der Waals surface area (Å²) in [5.41, 5.74) is 1.55. The first-order chi connectivity index (χ1) is 16.0. The van der Waals surface area contributed by atoms with Gasteiger partial charge in [-0.2, -0.15) is 0 Å². The predicted octanol–water partition coefficient (Wildman–Crippen LogP) is 8.86. The first-order valence-electron chi connectivity index (χ1n) is 12.2. The summed E-state index contributed by atoms with van der Waals surface area (Å²) < 4.78 is 48.2. The summed E-state index contributed by atoms with van der Waals surface area (Å²) in [5.74, 6) is -0.903. The molecule has 4 heteroatoms. The van der Waals surface area contributed by atoms with E-state index in [0.29, 0.717) is 5.39 Å². The molecular formula is C29H33F3O. The van der Waals surface area contributed by atoms with E-state index in [-0.39, 0.29) is 11.1 Å². The fraction of sp³-hybridized carbons (Fsp3) is 0.448. The van der Waals surface area contributed by atoms with E-state index >= 15 is 4.39 Å². The van der Waals surface area contributed by atoms with Gasteiger partial charge in [0.05, 0.1) is 7.11 Å². The van der Waals surface area contributed by atoms with Gasteiger partial charge in [-0.25, -0.2) is 13.2 Å². The van der Waals surface area contributed by atoms with Crippen LogP contribution < -0.4 is 4.74 Å². The van der Waals surface area contributed by atoms with Crippen molar-refractivity contribution in [3.8, 4) is 16.9 Å². The lowest BCUT2D eigenvalue weighted by Gasteiger charge is -2.28. The Labute approximate surface area is 195 Å². The van der Waals surface area contributed by atoms with Gasteiger partial charge < -0.3 is 4.74 Å². The molecule has 0 amide bonds. The lowest BCUT2D eigenvalue weighted by Crippen LogP contribution is -2.15. The minimum atomic E-state index is -0.846. The van der Waals surface area contributed by atoms with Gasteiger partial charge in [0.25, 0.3) is 0 Å². The summed E-state index contributed by atoms with van der Waals surface area (Å²) in [5, 5.41) is 1.27. The number of aryl methyl sites for hydroxylation is 1. The van der Waals surface area contributed by atoms with Gasteiger partial charge in [-0.05, 0) is 53.3 Å². The Hall–Kier alpha value is -2.49. The van der Waals surface area contributed by atoms with E-state index in [9.17, 15) is 8.78 Å². The van der Waals surface area contributed by atoms with Crippen LogP contribution in [0.15, 0.2) is 42.5 Å². The summed E-state index contributed by atoms with van der Waals surface area (Å²) in [6.45, 7) is 2.26. The summed E-state index contributed by atoms with van der Waals surface area (Å²) in [4.78, 5) is 0. The molecule has 0 bridgehead atoms. The SMILES string of the molecule is CCCC[C@H]1CC[C@H](CCc2ccc3c(F)c(-c4cc(F)c(OC)c(F)c4)ccc3c2)CC1. The minimum absolute atomic E-state index is 0.156. The van der Waals surface area contributed by atoms with Crippen molar-refractivity contribution in [3.63, 3.8) is 0 Å². The van der Waals surface area contributed by atoms with Crippen molar-refractivity contribution >= 4 is 10.8 Å². The number of rotatable bonds is 8. The van der Waals surface area contributed by atoms with E-state index in [4.69, 9.17) is 4.74 Å². The third kappa shape index (κ3) is 5.37. The molecule has 176 valence electrons. The molecule has 3 aromatic carbocycles. The summed E-state index contributed by atoms with van der Waals surface area (Å²) >= 11 is 0. The van der Waals surface area contributed by atoms with Gasteiger partial charge in [0.2, 0.25) is 0 Å². The standard InChI is InChI=1S/C29H33F3O/c1-3-4-5-19-6-8-20(9-7-19)10-11-21-12-14-24-22(16-21)13-15-25(28(24)32)23-17-26(30)29(33-2)27(31)18-23/h12-20H,3-11H2,1-2H3/t19-,20-. The minimum Gasteiger partial charge on any atom is -0.491 e. The quantitative estimate of drug-likeness (QED) is 0.330. The molecule has 0 N–H and O–H groups in total. The Morgan fingerprint density at radius 2 is 1.52 bits per heavy atom. The number of ether oxygens (including phenoxy) is 1. The van der Waals surface area contributed by atoms with Crippen LogP contribution in [0.4, 0.5) is 13.2 Å². The molecule has 0 atom stereocenters. The maximum atomic E-state index is 15.3. The van der Waals surface area contributed by atoms with Crippen molar-refractivity contribution in [2.24, 2.45) is 11.8 Å². The molecule has 0 heterocycles. The molecule has 0 unspecified atom stereocenters. The maximum absolute atomic E-state index is 15.3. The van der Waals surface area contributed by atoms with Gasteiger partial charge in [0, 0.05) is 10.9 Å². The highest BCUT2D eigenvalue weighted by atomic mass is 19.1. The van der Waals surface area contributed by atoms with Crippen LogP contribution in [-0.2, 0) is 6.42 Å². The Kier molecular flexibility index (Phi) is 7.62. The number of hydrogen-bond acceptors (Lipinski definition) is 1. The largest absolute Gasteiger partial charge is 0.491 e. The topological polar surface area (TPSA) is 9.23 Å². The molecule has 1 aliphatic rings. The van der Waals surface area contributed by atoms with Crippen LogP contribution in [0, 0.1) is 29.3 Å². The fourth-order valence-electron chi connectivity index (χ4n) is 5.30. The third-order valence-electron chi connectivity index (χ3n) is 7.31. The number of halogens is 3. The highest BCUT2D eigenvalue weighted by Crippen LogP contribution is 2.36. The molecule has 0 aliphatic heterocycles. The molecule has 0 saturated heterocycles. The molecule has 0 radical (unpaired) electrons. The summed E-state index contributed by atoms with van der Waals surface area (Å²) in [6.07, 6.45) is 11.6. The lowest BCUT2D eigenvalue weighted by atomic mass is 9.78. The molecule has 33 heavy (non-hydrogen) atoms. The molecule has 4 rings (SSSR count). The highest BCUT2D eigenvalue weighted by molar-refractivity contribution is 5.88. The molecule has 0 aromatic heterocycles. The molecular weight excluding hydrogens is 421 g/mol. The van der Waals surface area contributed by atoms with Gasteiger partial charge in [0.15, 0.2) is 17.4 Å². The van der Waals surface area contributed by atoms with E-state index in [1.165, 1.54) is 64.0 Å². The van der Waals surface area contributed by atoms with Crippen LogP contribution in [0.1, 0.15) is 63.9 Å². The predicted molar refractivity (Wildman–Crippen MR) is 129 cm³/mol. The van der Waals surface area contributed by atoms with Gasteiger partial charge in [-0.15, -0.1) is 0 Å². The fourth-order valence-corrected chi connectivity index (χ4v) is 5.30. The Morgan fingerprint density at radius 3 is 2.15 bits per heavy atom. The van der Waals surface area contributed by atoms with E-state index in [1.807, 2.05) is 18.2 Å². The van der Waals surface area contributed by atoms with Gasteiger partial charge in [-0.3, -0.25) is 0 Å². The zero-order valence-corrected chi connectivity index (χ0v) is 19.6. The van der Waals surface area contributed by atoms with Gasteiger partial charge in [-0.1, -0.05) is 82.2 Å². The normalized spacial score (nSPS) is 18.6. The number of methoxy groups -OCH3 is 1. The zero-order valence-electron chi connectivity index (χ0n) is 19.6. The van der Waals surface area contributed by atoms with Crippen LogP contribution in [0.3, 0.4) is 0 Å². The second kappa shape index (κ2) is 10.6. The number of benzene rings is 3. The molecule has 0 spiro atoms. The second-order valence-corrected chi connectivity index (χ2v) is 9.52. The van der Waals surface area contributed by atoms with Crippen molar-refractivity contribution in [1.82, 2.24) is 0 Å². The monoisotopic (exact) mass is 454 g/mol. The maximum Gasteiger partial charge on any atom is 0.190 e. The molecule has 1 aliphatic carbocycles. The number of fused-ring (bicyclic) bond motifs is 1. The Balaban J connectivity index is 1.45. The van der Waals surface area contributed by atoms with Gasteiger partial charge in [0.1, 0.15) is 5.82 Å². The van der Waals surface area contributed by atoms with Gasteiger partial charge >= 0.3 is 0 Å². The number of unbranched alkanes of at least 4 members (excludes halogenated alkanes) is 1. The molecule has 3 aromatic rings. The average Bonchev–Trinajstić information content (AvgIpc) is 2.82. The lowest BCUT2D eigenvalue weighted by molar-refractivity contribution is 0.250. The van der Waals surface area contributed by atoms with Crippen molar-refractivity contribution in [3.05, 3.63) is 65.5 Å². The van der Waals surface area contributed by atoms with E-state index in [1.54, 1.807) is 12.1 Å². The first-order valence-corrected chi connectivity index (χ1v) is 12.2. The van der Waals surface area contributed by atoms with Crippen molar-refractivity contribution < 1.29 is 17.9 Å². The second-order valence-electron chi connectivity index (χ2n) is 9.52. The van der Waals surface area contributed by atoms with Crippen molar-refractivity contribution in [2.45, 2.75) is 64.7 Å². The van der Waals surface area contributed by atoms with Crippen LogP contribution in [0.2, 0.25) is 0 Å². The Morgan fingerprint density at radius 1 is 0.848 bits per heavy atom. The van der Waals surface area contributed by atoms with Crippen LogP contribution in [0.5, 0.6) is 5.75 Å². The van der Waals surface area contributed by atoms with Crippen molar-refractivity contribution in [1.29, 1.82) is 0 Å². The summed E-state index contributed by atoms with van der Waals surface area (Å²) in [7, 11) is 1.20. The highest BCUT2D eigenvalue weighted by Gasteiger charge is 2.21. The van der Waals surface area contributed by atoms with Crippen LogP contribution in [-0.4, -0.2) is 7.11 Å². The Bertz CT molecular complexity index is 1080. The molecule has 1 fully saturated rings. The molecule has 1 saturated carbocycles. The molecule has 1 nitrogen and oxygen atoms in total. The summed E-state index contributed by atoms with van der Waals surface area (Å²) in [6, 6.07) is 11.5. The zero-order chi connectivity index (χ0) is 23.4. The smallest absolute Gasteiger partial charge is 0.190 e. The van der Waals surface area contributed by atoms with E-state index in [2.05, 4.69) is 6.92 Å². The third-order valence-corrected chi connectivity index (χ3v) is 7.31. The van der Waals surface area contributed by atoms with Crippen LogP contribution >= 0.6 is 0 Å². The van der Waals surface area contributed by atoms with E-state index in [0.717, 1.165) is 35.8 Å². The van der Waals surface area contributed by atoms with Crippen LogP contribution in [0.25, 0.3) is 21.9 Å². The van der Waals surface area contributed by atoms with Crippen molar-refractivity contribution in [2.75, 3.05) is 7.11 Å². The first kappa shape index (κ1) is 23.7. The number of hydrogen-bond donors (Lipinski definition) is 0. The van der Waals surface area contributed by atoms with E-state index < -0.39 is 23.2 Å².